The summed E-state index contributed by atoms with van der Waals surface area (Å²) in [5.74, 6) is -3.72. The van der Waals surface area contributed by atoms with Gasteiger partial charge in [0.25, 0.3) is 0 Å². The van der Waals surface area contributed by atoms with Gasteiger partial charge in [0.1, 0.15) is 0 Å². The maximum Gasteiger partial charge on any atom is 0.573 e. The third-order valence-corrected chi connectivity index (χ3v) is 5.87. The molecule has 0 bridgehead atoms. The molecule has 4 rings (SSSR count). The second kappa shape index (κ2) is 8.77. The van der Waals surface area contributed by atoms with Crippen LogP contribution in [0.15, 0.2) is 61.2 Å². The Bertz CT molecular complexity index is 1100. The van der Waals surface area contributed by atoms with Crippen LogP contribution in [0.3, 0.4) is 0 Å². The van der Waals surface area contributed by atoms with E-state index in [9.17, 15) is 22.0 Å². The molecule has 6 heteroatoms. The molecule has 0 heterocycles. The van der Waals surface area contributed by atoms with Gasteiger partial charge in [-0.2, -0.15) is 0 Å². The summed E-state index contributed by atoms with van der Waals surface area (Å²) < 4.78 is 69.0. The topological polar surface area (TPSA) is 9.23 Å². The fraction of sp³-hybridized carbons (Fsp3) is 0.231. The first-order valence-corrected chi connectivity index (χ1v) is 10.4. The summed E-state index contributed by atoms with van der Waals surface area (Å²) in [4.78, 5) is 0. The van der Waals surface area contributed by atoms with Crippen LogP contribution in [0, 0.1) is 11.6 Å². The molecule has 1 fully saturated rings. The number of alkyl halides is 3. The van der Waals surface area contributed by atoms with Gasteiger partial charge >= 0.3 is 6.36 Å². The van der Waals surface area contributed by atoms with E-state index in [1.54, 1.807) is 12.1 Å². The van der Waals surface area contributed by atoms with E-state index in [1.807, 2.05) is 12.1 Å². The van der Waals surface area contributed by atoms with E-state index >= 15 is 0 Å². The molecule has 32 heavy (non-hydrogen) atoms. The van der Waals surface area contributed by atoms with Gasteiger partial charge in [-0.05, 0) is 70.3 Å². The van der Waals surface area contributed by atoms with Gasteiger partial charge in [-0.25, -0.2) is 8.78 Å². The smallest absolute Gasteiger partial charge is 0.399 e. The third kappa shape index (κ3) is 4.69. The maximum absolute atomic E-state index is 14.2. The predicted octanol–water partition coefficient (Wildman–Crippen LogP) is 8.50. The first-order valence-electron chi connectivity index (χ1n) is 10.4. The first-order chi connectivity index (χ1) is 15.2. The standard InChI is InChI=1S/C26H21F5O/c1-2-16-13-20(19-9-7-18(8-10-19)17-5-3-4-6-17)11-12-22(16)21-14-23(27)25(24(28)15-21)32-26(29,30)31/h2,7-15,17H,1,3-6H2. The van der Waals surface area contributed by atoms with Crippen molar-refractivity contribution in [3.8, 4) is 28.0 Å². The molecule has 0 N–H and O–H groups in total. The highest BCUT2D eigenvalue weighted by Gasteiger charge is 2.34. The molecule has 166 valence electrons. The number of rotatable bonds is 5. The van der Waals surface area contributed by atoms with Crippen LogP contribution in [0.25, 0.3) is 28.3 Å². The highest BCUT2D eigenvalue weighted by Crippen LogP contribution is 2.37. The van der Waals surface area contributed by atoms with Gasteiger partial charge in [-0.3, -0.25) is 0 Å². The average Bonchev–Trinajstić information content (AvgIpc) is 3.30. The first kappa shape index (κ1) is 22.1. The van der Waals surface area contributed by atoms with Gasteiger partial charge in [0, 0.05) is 0 Å². The zero-order chi connectivity index (χ0) is 22.9. The van der Waals surface area contributed by atoms with Crippen molar-refractivity contribution in [3.63, 3.8) is 0 Å². The highest BCUT2D eigenvalue weighted by molar-refractivity contribution is 5.80. The summed E-state index contributed by atoms with van der Waals surface area (Å²) >= 11 is 0. The Balaban J connectivity index is 1.65. The van der Waals surface area contributed by atoms with E-state index in [-0.39, 0.29) is 5.56 Å². The Labute approximate surface area is 183 Å². The van der Waals surface area contributed by atoms with Crippen LogP contribution in [0.2, 0.25) is 0 Å². The Morgan fingerprint density at radius 2 is 1.41 bits per heavy atom. The zero-order valence-corrected chi connectivity index (χ0v) is 17.2. The highest BCUT2D eigenvalue weighted by atomic mass is 19.4. The van der Waals surface area contributed by atoms with E-state index < -0.39 is 23.7 Å². The lowest BCUT2D eigenvalue weighted by Gasteiger charge is -2.14. The second-order valence-electron chi connectivity index (χ2n) is 7.93. The monoisotopic (exact) mass is 444 g/mol. The lowest BCUT2D eigenvalue weighted by Crippen LogP contribution is -2.19. The average molecular weight is 444 g/mol. The van der Waals surface area contributed by atoms with Crippen molar-refractivity contribution in [2.45, 2.75) is 38.0 Å². The summed E-state index contributed by atoms with van der Waals surface area (Å²) in [5, 5.41) is 0. The molecule has 0 spiro atoms. The molecule has 0 aromatic heterocycles. The van der Waals surface area contributed by atoms with Gasteiger partial charge in [0.2, 0.25) is 5.75 Å². The van der Waals surface area contributed by atoms with Gasteiger partial charge < -0.3 is 4.74 Å². The van der Waals surface area contributed by atoms with Crippen LogP contribution in [0.1, 0.15) is 42.7 Å². The largest absolute Gasteiger partial charge is 0.573 e. The van der Waals surface area contributed by atoms with Crippen LogP contribution in [0.5, 0.6) is 5.75 Å². The zero-order valence-electron chi connectivity index (χ0n) is 17.2. The molecule has 1 aliphatic rings. The molecule has 0 atom stereocenters. The van der Waals surface area contributed by atoms with Crippen LogP contribution in [0.4, 0.5) is 22.0 Å². The Hall–Kier alpha value is -3.15. The Morgan fingerprint density at radius 3 is 1.97 bits per heavy atom. The van der Waals surface area contributed by atoms with Gasteiger partial charge in [0.05, 0.1) is 0 Å². The lowest BCUT2D eigenvalue weighted by atomic mass is 9.92. The molecular weight excluding hydrogens is 423 g/mol. The quantitative estimate of drug-likeness (QED) is 0.359. The SMILES string of the molecule is C=Cc1cc(-c2ccc(C3CCCC3)cc2)ccc1-c1cc(F)c(OC(F)(F)F)c(F)c1. The molecule has 1 aliphatic carbocycles. The van der Waals surface area contributed by atoms with Gasteiger partial charge in [-0.1, -0.05) is 61.9 Å². The fourth-order valence-corrected chi connectivity index (χ4v) is 4.31. The molecule has 0 unspecified atom stereocenters. The Morgan fingerprint density at radius 1 is 0.812 bits per heavy atom. The minimum atomic E-state index is -5.19. The third-order valence-electron chi connectivity index (χ3n) is 5.87. The summed E-state index contributed by atoms with van der Waals surface area (Å²) in [6, 6.07) is 15.3. The Kier molecular flexibility index (Phi) is 6.04. The summed E-state index contributed by atoms with van der Waals surface area (Å²) in [6.45, 7) is 3.77. The van der Waals surface area contributed by atoms with Crippen molar-refractivity contribution in [2.75, 3.05) is 0 Å². The summed E-state index contributed by atoms with van der Waals surface area (Å²) in [5.41, 5.74) is 4.37. The van der Waals surface area contributed by atoms with Gasteiger partial charge in [0.15, 0.2) is 11.6 Å². The summed E-state index contributed by atoms with van der Waals surface area (Å²) in [6.07, 6.45) is 1.32. The molecule has 0 aliphatic heterocycles. The van der Waals surface area contributed by atoms with E-state index in [0.29, 0.717) is 17.0 Å². The molecular formula is C26H21F5O. The minimum Gasteiger partial charge on any atom is -0.399 e. The van der Waals surface area contributed by atoms with E-state index in [1.165, 1.54) is 31.2 Å². The number of hydrogen-bond acceptors (Lipinski definition) is 1. The molecule has 1 nitrogen and oxygen atoms in total. The van der Waals surface area contributed by atoms with Crippen LogP contribution in [-0.4, -0.2) is 6.36 Å². The molecule has 0 saturated heterocycles. The maximum atomic E-state index is 14.2. The normalized spacial score (nSPS) is 14.5. The van der Waals surface area contributed by atoms with E-state index in [2.05, 4.69) is 35.6 Å². The van der Waals surface area contributed by atoms with Crippen molar-refractivity contribution >= 4 is 6.08 Å². The van der Waals surface area contributed by atoms with Crippen molar-refractivity contribution in [1.82, 2.24) is 0 Å². The second-order valence-corrected chi connectivity index (χ2v) is 7.93. The fourth-order valence-electron chi connectivity index (χ4n) is 4.31. The predicted molar refractivity (Wildman–Crippen MR) is 115 cm³/mol. The molecule has 3 aromatic rings. The number of hydrogen-bond donors (Lipinski definition) is 0. The van der Waals surface area contributed by atoms with E-state index in [4.69, 9.17) is 0 Å². The van der Waals surface area contributed by atoms with Crippen LogP contribution in [-0.2, 0) is 0 Å². The van der Waals surface area contributed by atoms with Crippen molar-refractivity contribution in [3.05, 3.63) is 83.9 Å². The lowest BCUT2D eigenvalue weighted by molar-refractivity contribution is -0.276. The van der Waals surface area contributed by atoms with Crippen LogP contribution >= 0.6 is 0 Å². The number of ether oxygens (including phenoxy) is 1. The molecule has 0 radical (unpaired) electrons. The van der Waals surface area contributed by atoms with Crippen LogP contribution < -0.4 is 4.74 Å². The van der Waals surface area contributed by atoms with Crippen molar-refractivity contribution in [2.24, 2.45) is 0 Å². The number of benzene rings is 3. The number of halogens is 5. The van der Waals surface area contributed by atoms with E-state index in [0.717, 1.165) is 23.3 Å². The molecule has 3 aromatic carbocycles. The minimum absolute atomic E-state index is 0.0903. The molecule has 1 saturated carbocycles. The van der Waals surface area contributed by atoms with Gasteiger partial charge in [-0.15, -0.1) is 13.2 Å². The summed E-state index contributed by atoms with van der Waals surface area (Å²) in [7, 11) is 0. The molecule has 0 amide bonds. The van der Waals surface area contributed by atoms with Crippen molar-refractivity contribution in [1.29, 1.82) is 0 Å². The van der Waals surface area contributed by atoms with Crippen molar-refractivity contribution < 1.29 is 26.7 Å².